The van der Waals surface area contributed by atoms with Crippen molar-refractivity contribution in [2.45, 2.75) is 59.3 Å². The standard InChI is InChI=1S/C14H26N4O/c1-4-6-7-8-9-10-19-14-11(3)13(18-15)16-12(5-2)17-14/h4-10,15H2,1-3H3,(H,16,17,18). The van der Waals surface area contributed by atoms with Crippen molar-refractivity contribution in [1.82, 2.24) is 9.97 Å². The third kappa shape index (κ3) is 5.03. The lowest BCUT2D eigenvalue weighted by atomic mass is 10.2. The minimum absolute atomic E-state index is 0.646. The molecule has 0 unspecified atom stereocenters. The smallest absolute Gasteiger partial charge is 0.221 e. The summed E-state index contributed by atoms with van der Waals surface area (Å²) >= 11 is 0. The van der Waals surface area contributed by atoms with Crippen LogP contribution in [0.3, 0.4) is 0 Å². The highest BCUT2D eigenvalue weighted by molar-refractivity contribution is 5.47. The number of hydrazine groups is 1. The van der Waals surface area contributed by atoms with Crippen molar-refractivity contribution in [1.29, 1.82) is 0 Å². The number of anilines is 1. The number of nitrogens with zero attached hydrogens (tertiary/aromatic N) is 2. The molecule has 0 saturated heterocycles. The van der Waals surface area contributed by atoms with Gasteiger partial charge in [0.25, 0.3) is 0 Å². The summed E-state index contributed by atoms with van der Waals surface area (Å²) < 4.78 is 5.76. The number of aromatic nitrogens is 2. The maximum atomic E-state index is 5.76. The SMILES string of the molecule is CCCCCCCOc1nc(CC)nc(NN)c1C. The van der Waals surface area contributed by atoms with E-state index < -0.39 is 0 Å². The Hall–Kier alpha value is -1.36. The summed E-state index contributed by atoms with van der Waals surface area (Å²) in [7, 11) is 0. The first-order valence-corrected chi connectivity index (χ1v) is 7.19. The van der Waals surface area contributed by atoms with Crippen molar-refractivity contribution in [3.05, 3.63) is 11.4 Å². The van der Waals surface area contributed by atoms with Gasteiger partial charge in [0, 0.05) is 6.42 Å². The molecule has 0 aliphatic heterocycles. The first-order valence-electron chi connectivity index (χ1n) is 7.19. The van der Waals surface area contributed by atoms with Crippen LogP contribution in [0.2, 0.25) is 0 Å². The van der Waals surface area contributed by atoms with Crippen molar-refractivity contribution in [2.75, 3.05) is 12.0 Å². The number of nitrogen functional groups attached to an aromatic ring is 1. The predicted molar refractivity (Wildman–Crippen MR) is 78.2 cm³/mol. The van der Waals surface area contributed by atoms with Crippen molar-refractivity contribution < 1.29 is 4.74 Å². The van der Waals surface area contributed by atoms with E-state index in [0.29, 0.717) is 18.3 Å². The molecule has 0 aromatic carbocycles. The summed E-state index contributed by atoms with van der Waals surface area (Å²) in [6.45, 7) is 6.85. The minimum Gasteiger partial charge on any atom is -0.477 e. The fraction of sp³-hybridized carbons (Fsp3) is 0.714. The summed E-state index contributed by atoms with van der Waals surface area (Å²) in [6, 6.07) is 0. The van der Waals surface area contributed by atoms with Crippen LogP contribution in [-0.2, 0) is 6.42 Å². The third-order valence-electron chi connectivity index (χ3n) is 3.09. The van der Waals surface area contributed by atoms with Crippen LogP contribution in [0.4, 0.5) is 5.82 Å². The lowest BCUT2D eigenvalue weighted by Crippen LogP contribution is -2.14. The van der Waals surface area contributed by atoms with Crippen LogP contribution >= 0.6 is 0 Å². The first-order chi connectivity index (χ1) is 9.22. The molecule has 1 aromatic heterocycles. The predicted octanol–water partition coefficient (Wildman–Crippen LogP) is 2.98. The zero-order chi connectivity index (χ0) is 14.1. The molecule has 0 aliphatic rings. The normalized spacial score (nSPS) is 10.5. The molecular formula is C14H26N4O. The highest BCUT2D eigenvalue weighted by Gasteiger charge is 2.10. The van der Waals surface area contributed by atoms with Crippen molar-refractivity contribution in [2.24, 2.45) is 5.84 Å². The van der Waals surface area contributed by atoms with Gasteiger partial charge in [-0.05, 0) is 13.3 Å². The fourth-order valence-corrected chi connectivity index (χ4v) is 1.85. The molecule has 0 saturated carbocycles. The Balaban J connectivity index is 2.52. The van der Waals surface area contributed by atoms with Crippen LogP contribution in [0, 0.1) is 6.92 Å². The Morgan fingerprint density at radius 2 is 1.84 bits per heavy atom. The number of hydrogen-bond acceptors (Lipinski definition) is 5. The van der Waals surface area contributed by atoms with E-state index >= 15 is 0 Å². The van der Waals surface area contributed by atoms with Gasteiger partial charge in [-0.2, -0.15) is 4.98 Å². The quantitative estimate of drug-likeness (QED) is 0.408. The van der Waals surface area contributed by atoms with Crippen molar-refractivity contribution in [3.8, 4) is 5.88 Å². The Morgan fingerprint density at radius 1 is 1.11 bits per heavy atom. The van der Waals surface area contributed by atoms with E-state index in [4.69, 9.17) is 10.6 Å². The number of rotatable bonds is 9. The van der Waals surface area contributed by atoms with Gasteiger partial charge in [-0.3, -0.25) is 0 Å². The van der Waals surface area contributed by atoms with Crippen LogP contribution in [0.25, 0.3) is 0 Å². The van der Waals surface area contributed by atoms with Gasteiger partial charge in [-0.25, -0.2) is 10.8 Å². The van der Waals surface area contributed by atoms with E-state index in [1.165, 1.54) is 25.7 Å². The molecule has 0 aliphatic carbocycles. The Morgan fingerprint density at radius 3 is 2.47 bits per heavy atom. The molecule has 1 rings (SSSR count). The lowest BCUT2D eigenvalue weighted by Gasteiger charge is -2.12. The molecular weight excluding hydrogens is 240 g/mol. The number of nitrogens with two attached hydrogens (primary N) is 1. The maximum absolute atomic E-state index is 5.76. The van der Waals surface area contributed by atoms with E-state index in [2.05, 4.69) is 22.3 Å². The Labute approximate surface area is 115 Å². The largest absolute Gasteiger partial charge is 0.477 e. The summed E-state index contributed by atoms with van der Waals surface area (Å²) in [5, 5.41) is 0. The van der Waals surface area contributed by atoms with E-state index in [1.54, 1.807) is 0 Å². The molecule has 1 heterocycles. The number of ether oxygens (including phenoxy) is 1. The van der Waals surface area contributed by atoms with Gasteiger partial charge in [0.05, 0.1) is 12.2 Å². The van der Waals surface area contributed by atoms with Gasteiger partial charge >= 0.3 is 0 Å². The molecule has 0 fully saturated rings. The molecule has 108 valence electrons. The fourth-order valence-electron chi connectivity index (χ4n) is 1.85. The third-order valence-corrected chi connectivity index (χ3v) is 3.09. The Bertz CT molecular complexity index is 382. The number of hydrogen-bond donors (Lipinski definition) is 2. The highest BCUT2D eigenvalue weighted by atomic mass is 16.5. The Kier molecular flexibility index (Phi) is 7.18. The number of aryl methyl sites for hydroxylation is 1. The van der Waals surface area contributed by atoms with Crippen LogP contribution in [0.5, 0.6) is 5.88 Å². The van der Waals surface area contributed by atoms with Gasteiger partial charge < -0.3 is 10.2 Å². The summed E-state index contributed by atoms with van der Waals surface area (Å²) in [4.78, 5) is 8.72. The van der Waals surface area contributed by atoms with E-state index in [9.17, 15) is 0 Å². The average molecular weight is 266 g/mol. The molecule has 0 spiro atoms. The van der Waals surface area contributed by atoms with Gasteiger partial charge in [-0.15, -0.1) is 0 Å². The molecule has 3 N–H and O–H groups in total. The molecule has 0 bridgehead atoms. The van der Waals surface area contributed by atoms with Crippen LogP contribution in [0.1, 0.15) is 57.3 Å². The second-order valence-corrected chi connectivity index (χ2v) is 4.68. The lowest BCUT2D eigenvalue weighted by molar-refractivity contribution is 0.290. The zero-order valence-corrected chi connectivity index (χ0v) is 12.3. The van der Waals surface area contributed by atoms with E-state index in [0.717, 1.165) is 24.2 Å². The van der Waals surface area contributed by atoms with Gasteiger partial charge in [-0.1, -0.05) is 39.5 Å². The molecule has 5 nitrogen and oxygen atoms in total. The van der Waals surface area contributed by atoms with E-state index in [1.807, 2.05) is 13.8 Å². The number of nitrogens with one attached hydrogen (secondary N) is 1. The topological polar surface area (TPSA) is 73.1 Å². The second-order valence-electron chi connectivity index (χ2n) is 4.68. The molecule has 0 amide bonds. The second kappa shape index (κ2) is 8.69. The van der Waals surface area contributed by atoms with Crippen LogP contribution in [-0.4, -0.2) is 16.6 Å². The summed E-state index contributed by atoms with van der Waals surface area (Å²) in [6.07, 6.45) is 6.88. The number of unbranched alkanes of at least 4 members (excludes halogenated alkanes) is 4. The molecule has 1 aromatic rings. The van der Waals surface area contributed by atoms with Crippen molar-refractivity contribution >= 4 is 5.82 Å². The zero-order valence-electron chi connectivity index (χ0n) is 12.3. The summed E-state index contributed by atoms with van der Waals surface area (Å²) in [5.41, 5.74) is 3.47. The molecule has 0 atom stereocenters. The van der Waals surface area contributed by atoms with Gasteiger partial charge in [0.2, 0.25) is 5.88 Å². The maximum Gasteiger partial charge on any atom is 0.221 e. The molecule has 0 radical (unpaired) electrons. The van der Waals surface area contributed by atoms with Crippen LogP contribution in [0.15, 0.2) is 0 Å². The first kappa shape index (κ1) is 15.7. The van der Waals surface area contributed by atoms with Gasteiger partial charge in [0.15, 0.2) is 0 Å². The van der Waals surface area contributed by atoms with Crippen molar-refractivity contribution in [3.63, 3.8) is 0 Å². The molecule has 19 heavy (non-hydrogen) atoms. The highest BCUT2D eigenvalue weighted by Crippen LogP contribution is 2.21. The molecule has 5 heteroatoms. The minimum atomic E-state index is 0.646. The monoisotopic (exact) mass is 266 g/mol. The van der Waals surface area contributed by atoms with Crippen LogP contribution < -0.4 is 16.0 Å². The summed E-state index contributed by atoms with van der Waals surface area (Å²) in [5.74, 6) is 7.50. The average Bonchev–Trinajstić information content (AvgIpc) is 2.44. The van der Waals surface area contributed by atoms with Gasteiger partial charge in [0.1, 0.15) is 11.6 Å². The van der Waals surface area contributed by atoms with E-state index in [-0.39, 0.29) is 0 Å².